The number of rotatable bonds is 10. The van der Waals surface area contributed by atoms with Crippen molar-refractivity contribution in [2.24, 2.45) is 0 Å². The van der Waals surface area contributed by atoms with Gasteiger partial charge >= 0.3 is 0 Å². The zero-order valence-corrected chi connectivity index (χ0v) is 21.0. The van der Waals surface area contributed by atoms with Crippen LogP contribution in [0.1, 0.15) is 45.4 Å². The normalized spacial score (nSPS) is 10.9. The van der Waals surface area contributed by atoms with Gasteiger partial charge in [0.15, 0.2) is 5.90 Å². The summed E-state index contributed by atoms with van der Waals surface area (Å²) in [4.78, 5) is 12.5. The number of ether oxygens (including phenoxy) is 1. The van der Waals surface area contributed by atoms with Crippen molar-refractivity contribution < 1.29 is 4.74 Å². The number of nitrogens with zero attached hydrogens (tertiary/aromatic N) is 1. The average Bonchev–Trinajstić information content (AvgIpc) is 3.09. The molecule has 0 spiro atoms. The first-order valence-corrected chi connectivity index (χ1v) is 12.1. The van der Waals surface area contributed by atoms with E-state index < -0.39 is 0 Å². The molecule has 0 fully saturated rings. The number of H-pyrrole nitrogens is 1. The van der Waals surface area contributed by atoms with Crippen LogP contribution in [0.25, 0.3) is 5.69 Å². The molecule has 0 unspecified atom stereocenters. The minimum Gasteiger partial charge on any atom is -0.444 e. The van der Waals surface area contributed by atoms with Crippen LogP contribution < -0.4 is 15.6 Å². The monoisotopic (exact) mass is 528 g/mol. The maximum atomic E-state index is 12.5. The van der Waals surface area contributed by atoms with Gasteiger partial charge in [-0.25, -0.2) is 4.68 Å². The first-order valence-electron chi connectivity index (χ1n) is 10.6. The van der Waals surface area contributed by atoms with Gasteiger partial charge in [-0.3, -0.25) is 15.3 Å². The molecule has 3 rings (SSSR count). The maximum absolute atomic E-state index is 12.5. The van der Waals surface area contributed by atoms with Gasteiger partial charge in [0.05, 0.1) is 20.8 Å². The summed E-state index contributed by atoms with van der Waals surface area (Å²) in [5.41, 5.74) is 0.417. The lowest BCUT2D eigenvalue weighted by molar-refractivity contribution is 0.515. The molecule has 0 aliphatic heterocycles. The molecule has 0 aliphatic rings. The summed E-state index contributed by atoms with van der Waals surface area (Å²) in [5.74, 6) is 1.05. The van der Waals surface area contributed by atoms with Crippen LogP contribution in [0.15, 0.2) is 41.2 Å². The second-order valence-electron chi connectivity index (χ2n) is 7.52. The summed E-state index contributed by atoms with van der Waals surface area (Å²) in [5, 5.41) is 15.3. The number of halogens is 4. The fourth-order valence-corrected chi connectivity index (χ4v) is 4.42. The Kier molecular flexibility index (Phi) is 9.15. The number of anilines is 2. The standard InChI is InChI=1S/C23H24Cl4N4O2/c1-2-3-4-5-6-7-20(28)33-15-8-9-16(25)19(12-15)29-21-13-22(32)31(30-21)23-17(26)10-14(24)11-18(23)27/h8-13,28-30H,2-7H2,1H3. The largest absolute Gasteiger partial charge is 0.444 e. The molecule has 1 aromatic heterocycles. The molecular formula is C23H24Cl4N4O2. The van der Waals surface area contributed by atoms with Crippen LogP contribution in [0.3, 0.4) is 0 Å². The average molecular weight is 530 g/mol. The van der Waals surface area contributed by atoms with Crippen LogP contribution in [-0.2, 0) is 0 Å². The quantitative estimate of drug-likeness (QED) is 0.140. The third-order valence-electron chi connectivity index (χ3n) is 4.88. The van der Waals surface area contributed by atoms with Crippen LogP contribution in [0.2, 0.25) is 20.1 Å². The van der Waals surface area contributed by atoms with Crippen molar-refractivity contribution in [3.8, 4) is 11.4 Å². The van der Waals surface area contributed by atoms with E-state index in [0.29, 0.717) is 33.7 Å². The molecule has 0 bridgehead atoms. The van der Waals surface area contributed by atoms with Gasteiger partial charge in [-0.1, -0.05) is 79.0 Å². The van der Waals surface area contributed by atoms with Crippen molar-refractivity contribution in [3.63, 3.8) is 0 Å². The lowest BCUT2D eigenvalue weighted by atomic mass is 10.1. The van der Waals surface area contributed by atoms with E-state index in [9.17, 15) is 4.79 Å². The molecule has 0 saturated heterocycles. The number of nitrogens with one attached hydrogen (secondary N) is 3. The second-order valence-corrected chi connectivity index (χ2v) is 9.18. The third-order valence-corrected chi connectivity index (χ3v) is 6.01. The lowest BCUT2D eigenvalue weighted by Gasteiger charge is -2.11. The third kappa shape index (κ3) is 6.93. The summed E-state index contributed by atoms with van der Waals surface area (Å²) in [6.45, 7) is 2.17. The van der Waals surface area contributed by atoms with Crippen LogP contribution in [0.4, 0.5) is 11.5 Å². The molecule has 3 aromatic rings. The van der Waals surface area contributed by atoms with Crippen LogP contribution in [0, 0.1) is 5.41 Å². The van der Waals surface area contributed by atoms with Gasteiger partial charge in [0.25, 0.3) is 5.56 Å². The smallest absolute Gasteiger partial charge is 0.273 e. The Morgan fingerprint density at radius 1 is 1.00 bits per heavy atom. The fourth-order valence-electron chi connectivity index (χ4n) is 3.27. The fraction of sp³-hybridized carbons (Fsp3) is 0.304. The molecular weight excluding hydrogens is 506 g/mol. The lowest BCUT2D eigenvalue weighted by Crippen LogP contribution is -2.14. The first kappa shape index (κ1) is 25.5. The molecule has 0 aliphatic carbocycles. The summed E-state index contributed by atoms with van der Waals surface area (Å²) < 4.78 is 6.87. The number of aromatic amines is 1. The zero-order valence-electron chi connectivity index (χ0n) is 18.0. The van der Waals surface area contributed by atoms with E-state index in [1.165, 1.54) is 42.1 Å². The van der Waals surface area contributed by atoms with Crippen LogP contribution >= 0.6 is 46.4 Å². The highest BCUT2D eigenvalue weighted by molar-refractivity contribution is 6.40. The Bertz CT molecular complexity index is 1170. The van der Waals surface area contributed by atoms with E-state index in [1.807, 2.05) is 0 Å². The van der Waals surface area contributed by atoms with Gasteiger partial charge in [-0.2, -0.15) is 0 Å². The molecule has 0 atom stereocenters. The van der Waals surface area contributed by atoms with Gasteiger partial charge in [0, 0.05) is 23.6 Å². The number of benzene rings is 2. The Hall–Kier alpha value is -2.12. The predicted octanol–water partition coefficient (Wildman–Crippen LogP) is 8.24. The van der Waals surface area contributed by atoms with Crippen molar-refractivity contribution in [1.82, 2.24) is 9.78 Å². The van der Waals surface area contributed by atoms with Crippen molar-refractivity contribution in [2.75, 3.05) is 5.32 Å². The topological polar surface area (TPSA) is 82.9 Å². The van der Waals surface area contributed by atoms with Crippen molar-refractivity contribution in [2.45, 2.75) is 45.4 Å². The molecule has 33 heavy (non-hydrogen) atoms. The van der Waals surface area contributed by atoms with Crippen molar-refractivity contribution >= 4 is 63.8 Å². The highest BCUT2D eigenvalue weighted by atomic mass is 35.5. The SMILES string of the molecule is CCCCCCCC(=N)Oc1ccc(Cl)c(Nc2cc(=O)n(-c3c(Cl)cc(Cl)cc3Cl)[nH]2)c1. The van der Waals surface area contributed by atoms with E-state index >= 15 is 0 Å². The summed E-state index contributed by atoms with van der Waals surface area (Å²) in [6.07, 6.45) is 6.14. The van der Waals surface area contributed by atoms with Gasteiger partial charge in [0.2, 0.25) is 0 Å². The zero-order chi connectivity index (χ0) is 24.0. The molecule has 0 saturated carbocycles. The summed E-state index contributed by atoms with van der Waals surface area (Å²) in [6, 6.07) is 9.38. The van der Waals surface area contributed by atoms with E-state index in [-0.39, 0.29) is 27.2 Å². The summed E-state index contributed by atoms with van der Waals surface area (Å²) in [7, 11) is 0. The van der Waals surface area contributed by atoms with Crippen molar-refractivity contribution in [3.05, 3.63) is 66.8 Å². The van der Waals surface area contributed by atoms with Gasteiger partial charge in [-0.15, -0.1) is 0 Å². The van der Waals surface area contributed by atoms with Gasteiger partial charge in [0.1, 0.15) is 17.3 Å². The molecule has 176 valence electrons. The Morgan fingerprint density at radius 3 is 2.39 bits per heavy atom. The number of hydrogen-bond donors (Lipinski definition) is 3. The van der Waals surface area contributed by atoms with E-state index in [1.54, 1.807) is 18.2 Å². The minimum atomic E-state index is -0.378. The molecule has 0 radical (unpaired) electrons. The molecule has 1 heterocycles. The molecule has 10 heteroatoms. The minimum absolute atomic E-state index is 0.200. The van der Waals surface area contributed by atoms with Crippen LogP contribution in [0.5, 0.6) is 5.75 Å². The molecule has 3 N–H and O–H groups in total. The Morgan fingerprint density at radius 2 is 1.70 bits per heavy atom. The van der Waals surface area contributed by atoms with E-state index in [0.717, 1.165) is 12.8 Å². The Labute approximate surface area is 212 Å². The summed E-state index contributed by atoms with van der Waals surface area (Å²) >= 11 is 24.8. The molecule has 2 aromatic carbocycles. The molecule has 6 nitrogen and oxygen atoms in total. The predicted molar refractivity (Wildman–Crippen MR) is 138 cm³/mol. The highest BCUT2D eigenvalue weighted by Gasteiger charge is 2.15. The van der Waals surface area contributed by atoms with E-state index in [4.69, 9.17) is 56.5 Å². The van der Waals surface area contributed by atoms with Gasteiger partial charge < -0.3 is 10.1 Å². The number of hydrogen-bond acceptors (Lipinski definition) is 4. The highest BCUT2D eigenvalue weighted by Crippen LogP contribution is 2.32. The maximum Gasteiger partial charge on any atom is 0.273 e. The first-order chi connectivity index (χ1) is 15.8. The number of unbranched alkanes of at least 4 members (excludes halogenated alkanes) is 4. The van der Waals surface area contributed by atoms with E-state index in [2.05, 4.69) is 17.3 Å². The second kappa shape index (κ2) is 11.8. The molecule has 0 amide bonds. The van der Waals surface area contributed by atoms with Crippen molar-refractivity contribution in [1.29, 1.82) is 5.41 Å². The number of aromatic nitrogens is 2. The van der Waals surface area contributed by atoms with Gasteiger partial charge in [-0.05, 0) is 30.7 Å². The Balaban J connectivity index is 1.72. The van der Waals surface area contributed by atoms with Crippen LogP contribution in [-0.4, -0.2) is 15.7 Å².